The molecule has 0 atom stereocenters. The van der Waals surface area contributed by atoms with Crippen molar-refractivity contribution >= 4 is 0 Å². The average Bonchev–Trinajstić information content (AvgIpc) is 2.59. The highest BCUT2D eigenvalue weighted by atomic mass is 16.5. The number of rotatable bonds is 1. The molecule has 0 aromatic carbocycles. The van der Waals surface area contributed by atoms with Gasteiger partial charge in [0.15, 0.2) is 0 Å². The van der Waals surface area contributed by atoms with Gasteiger partial charge in [-0.2, -0.15) is 0 Å². The van der Waals surface area contributed by atoms with Crippen LogP contribution < -0.4 is 0 Å². The summed E-state index contributed by atoms with van der Waals surface area (Å²) in [6.07, 6.45) is 9.61. The molecule has 10 heavy (non-hydrogen) atoms. The van der Waals surface area contributed by atoms with E-state index in [9.17, 15) is 0 Å². The predicted molar refractivity (Wildman–Crippen MR) is 40.4 cm³/mol. The molecule has 0 bridgehead atoms. The Hall–Kier alpha value is -0.0400. The molecule has 0 amide bonds. The maximum Gasteiger partial charge on any atom is 0.100 e. The quantitative estimate of drug-likeness (QED) is 0.542. The first-order valence-electron chi connectivity index (χ1n) is 4.45. The lowest BCUT2D eigenvalue weighted by molar-refractivity contribution is 0.155. The second-order valence-electron chi connectivity index (χ2n) is 3.40. The lowest BCUT2D eigenvalue weighted by atomic mass is 9.99. The Morgan fingerprint density at radius 3 is 2.50 bits per heavy atom. The van der Waals surface area contributed by atoms with Gasteiger partial charge in [0.1, 0.15) is 6.10 Å². The van der Waals surface area contributed by atoms with Crippen molar-refractivity contribution in [3.05, 3.63) is 6.10 Å². The van der Waals surface area contributed by atoms with E-state index in [1.807, 2.05) is 0 Å². The van der Waals surface area contributed by atoms with Gasteiger partial charge < -0.3 is 4.74 Å². The lowest BCUT2D eigenvalue weighted by Crippen LogP contribution is -2.06. The molecule has 1 nitrogen and oxygen atoms in total. The van der Waals surface area contributed by atoms with Gasteiger partial charge in [-0.05, 0) is 31.6 Å². The summed E-state index contributed by atoms with van der Waals surface area (Å²) in [5.41, 5.74) is 0. The molecular weight excluding hydrogens is 124 g/mol. The Labute approximate surface area is 62.8 Å². The van der Waals surface area contributed by atoms with Crippen molar-refractivity contribution < 1.29 is 4.74 Å². The molecule has 0 N–H and O–H groups in total. The fraction of sp³-hybridized carbons (Fsp3) is 0.889. The largest absolute Gasteiger partial charge is 0.372 e. The van der Waals surface area contributed by atoms with Crippen LogP contribution in [0.2, 0.25) is 0 Å². The van der Waals surface area contributed by atoms with Gasteiger partial charge in [-0.25, -0.2) is 0 Å². The van der Waals surface area contributed by atoms with Crippen LogP contribution in [0.1, 0.15) is 38.5 Å². The predicted octanol–water partition coefficient (Wildman–Crippen LogP) is 2.52. The number of hydrogen-bond donors (Lipinski definition) is 0. The molecular formula is C9H15O. The maximum atomic E-state index is 5.55. The van der Waals surface area contributed by atoms with Crippen LogP contribution in [0, 0.1) is 12.0 Å². The summed E-state index contributed by atoms with van der Waals surface area (Å²) in [5, 5.41) is 0. The van der Waals surface area contributed by atoms with Crippen molar-refractivity contribution in [3.8, 4) is 0 Å². The van der Waals surface area contributed by atoms with Crippen molar-refractivity contribution in [2.45, 2.75) is 38.5 Å². The maximum absolute atomic E-state index is 5.55. The van der Waals surface area contributed by atoms with E-state index >= 15 is 0 Å². The highest BCUT2D eigenvalue weighted by Gasteiger charge is 2.28. The van der Waals surface area contributed by atoms with E-state index in [0.29, 0.717) is 0 Å². The van der Waals surface area contributed by atoms with Crippen LogP contribution in [0.15, 0.2) is 0 Å². The summed E-state index contributed by atoms with van der Waals surface area (Å²) >= 11 is 0. The Kier molecular flexibility index (Phi) is 1.94. The van der Waals surface area contributed by atoms with E-state index in [-0.39, 0.29) is 0 Å². The minimum atomic E-state index is 0.850. The molecule has 1 heteroatoms. The molecule has 2 rings (SSSR count). The molecule has 2 aliphatic rings. The monoisotopic (exact) mass is 139 g/mol. The molecule has 0 aromatic heterocycles. The van der Waals surface area contributed by atoms with Crippen LogP contribution in [0.4, 0.5) is 0 Å². The molecule has 1 radical (unpaired) electrons. The normalized spacial score (nSPS) is 30.0. The van der Waals surface area contributed by atoms with Crippen molar-refractivity contribution in [2.24, 2.45) is 5.92 Å². The Bertz CT molecular complexity index is 85.3. The fourth-order valence-corrected chi connectivity index (χ4v) is 2.09. The summed E-state index contributed by atoms with van der Waals surface area (Å²) in [6.45, 7) is 0.992. The topological polar surface area (TPSA) is 9.23 Å². The van der Waals surface area contributed by atoms with Gasteiger partial charge in [0.25, 0.3) is 0 Å². The lowest BCUT2D eigenvalue weighted by Gasteiger charge is -2.14. The Morgan fingerprint density at radius 2 is 1.90 bits per heavy atom. The summed E-state index contributed by atoms with van der Waals surface area (Å²) in [6, 6.07) is 0. The first-order valence-corrected chi connectivity index (χ1v) is 4.45. The van der Waals surface area contributed by atoms with Crippen LogP contribution >= 0.6 is 0 Å². The zero-order valence-corrected chi connectivity index (χ0v) is 6.44. The molecule has 2 fully saturated rings. The second kappa shape index (κ2) is 2.91. The highest BCUT2D eigenvalue weighted by Crippen LogP contribution is 2.38. The minimum Gasteiger partial charge on any atom is -0.372 e. The molecule has 1 saturated heterocycles. The van der Waals surface area contributed by atoms with E-state index in [4.69, 9.17) is 4.74 Å². The van der Waals surface area contributed by atoms with Crippen LogP contribution in [0.25, 0.3) is 0 Å². The highest BCUT2D eigenvalue weighted by molar-refractivity contribution is 4.92. The smallest absolute Gasteiger partial charge is 0.100 e. The van der Waals surface area contributed by atoms with Gasteiger partial charge in [-0.1, -0.05) is 12.8 Å². The van der Waals surface area contributed by atoms with Crippen LogP contribution in [-0.4, -0.2) is 6.61 Å². The third-order valence-electron chi connectivity index (χ3n) is 2.67. The summed E-state index contributed by atoms with van der Waals surface area (Å²) in [5.74, 6) is 0.850. The van der Waals surface area contributed by atoms with E-state index < -0.39 is 0 Å². The molecule has 1 aliphatic heterocycles. The van der Waals surface area contributed by atoms with Crippen LogP contribution in [0.5, 0.6) is 0 Å². The Morgan fingerprint density at radius 1 is 1.10 bits per heavy atom. The van der Waals surface area contributed by atoms with Crippen molar-refractivity contribution in [1.29, 1.82) is 0 Å². The zero-order chi connectivity index (χ0) is 6.81. The second-order valence-corrected chi connectivity index (χ2v) is 3.40. The van der Waals surface area contributed by atoms with Gasteiger partial charge in [0.05, 0.1) is 0 Å². The molecule has 57 valence electrons. The molecule has 1 aliphatic carbocycles. The third kappa shape index (κ3) is 1.20. The third-order valence-corrected chi connectivity index (χ3v) is 2.67. The van der Waals surface area contributed by atoms with Crippen LogP contribution in [-0.2, 0) is 4.74 Å². The first-order chi connectivity index (χ1) is 4.97. The number of hydrogen-bond acceptors (Lipinski definition) is 1. The van der Waals surface area contributed by atoms with E-state index in [0.717, 1.165) is 12.5 Å². The van der Waals surface area contributed by atoms with Gasteiger partial charge in [0.2, 0.25) is 0 Å². The molecule has 1 saturated carbocycles. The molecule has 0 aromatic rings. The fourth-order valence-electron chi connectivity index (χ4n) is 2.09. The Balaban J connectivity index is 1.85. The van der Waals surface area contributed by atoms with E-state index in [1.54, 1.807) is 0 Å². The van der Waals surface area contributed by atoms with Gasteiger partial charge >= 0.3 is 0 Å². The zero-order valence-electron chi connectivity index (χ0n) is 6.44. The minimum absolute atomic E-state index is 0.850. The summed E-state index contributed by atoms with van der Waals surface area (Å²) in [4.78, 5) is 0. The number of ether oxygens (including phenoxy) is 1. The molecule has 0 unspecified atom stereocenters. The summed E-state index contributed by atoms with van der Waals surface area (Å²) < 4.78 is 5.55. The van der Waals surface area contributed by atoms with Crippen LogP contribution in [0.3, 0.4) is 0 Å². The molecule has 0 spiro atoms. The SMILES string of the molecule is C1CO[C](C2CCCC2)C1. The van der Waals surface area contributed by atoms with Crippen molar-refractivity contribution in [3.63, 3.8) is 0 Å². The van der Waals surface area contributed by atoms with Crippen molar-refractivity contribution in [1.82, 2.24) is 0 Å². The summed E-state index contributed by atoms with van der Waals surface area (Å²) in [7, 11) is 0. The first kappa shape index (κ1) is 6.66. The van der Waals surface area contributed by atoms with Gasteiger partial charge in [-0.15, -0.1) is 0 Å². The van der Waals surface area contributed by atoms with Crippen molar-refractivity contribution in [2.75, 3.05) is 6.61 Å². The molecule has 1 heterocycles. The van der Waals surface area contributed by atoms with Gasteiger partial charge in [0, 0.05) is 6.61 Å². The average molecular weight is 139 g/mol. The van der Waals surface area contributed by atoms with E-state index in [2.05, 4.69) is 0 Å². The van der Waals surface area contributed by atoms with Gasteiger partial charge in [-0.3, -0.25) is 0 Å². The van der Waals surface area contributed by atoms with E-state index in [1.165, 1.54) is 44.6 Å². The standard InChI is InChI=1S/C9H15O/c1-2-5-8(4-1)9-6-3-7-10-9/h8H,1-7H2.